The van der Waals surface area contributed by atoms with Gasteiger partial charge in [0.05, 0.1) is 6.20 Å². The van der Waals surface area contributed by atoms with Crippen molar-refractivity contribution >= 4 is 5.91 Å². The molecule has 156 valence electrons. The van der Waals surface area contributed by atoms with Crippen LogP contribution >= 0.6 is 0 Å². The van der Waals surface area contributed by atoms with E-state index in [0.717, 1.165) is 18.4 Å². The number of hydrogen-bond donors (Lipinski definition) is 0. The van der Waals surface area contributed by atoms with Crippen molar-refractivity contribution < 1.29 is 4.79 Å². The Morgan fingerprint density at radius 2 is 1.29 bits per heavy atom. The Bertz CT molecular complexity index is 1080. The lowest BCUT2D eigenvalue weighted by Gasteiger charge is -2.22. The monoisotopic (exact) mass is 410 g/mol. The number of carbonyl (C=O) groups excluding carboxylic acids is 1. The average Bonchev–Trinajstić information content (AvgIpc) is 3.31. The Kier molecular flexibility index (Phi) is 6.85. The summed E-state index contributed by atoms with van der Waals surface area (Å²) in [5.41, 5.74) is 3.93. The van der Waals surface area contributed by atoms with Gasteiger partial charge in [0.1, 0.15) is 0 Å². The summed E-state index contributed by atoms with van der Waals surface area (Å²) in [6, 6.07) is 30.5. The zero-order chi connectivity index (χ0) is 21.3. The molecule has 5 heteroatoms. The number of hydrogen-bond acceptors (Lipinski definition) is 3. The van der Waals surface area contributed by atoms with E-state index in [1.165, 1.54) is 11.1 Å². The van der Waals surface area contributed by atoms with Crippen molar-refractivity contribution in [3.63, 3.8) is 0 Å². The van der Waals surface area contributed by atoms with Crippen molar-refractivity contribution in [1.82, 2.24) is 19.9 Å². The summed E-state index contributed by atoms with van der Waals surface area (Å²) < 4.78 is 1.75. The standard InChI is InChI=1S/C26H26N4O/c31-26(25-21-30(28-27-25)19-17-23-12-6-2-7-13-23)29(20-24-14-8-3-9-15-24)18-16-22-10-4-1-5-11-22/h1-15,21H,16-20H2. The molecule has 1 aromatic heterocycles. The zero-order valence-electron chi connectivity index (χ0n) is 17.5. The van der Waals surface area contributed by atoms with Crippen LogP contribution in [-0.2, 0) is 25.9 Å². The molecule has 0 N–H and O–H groups in total. The third-order valence-electron chi connectivity index (χ3n) is 5.25. The van der Waals surface area contributed by atoms with Crippen molar-refractivity contribution in [3.8, 4) is 0 Å². The minimum atomic E-state index is -0.0919. The molecule has 0 aliphatic rings. The van der Waals surface area contributed by atoms with Gasteiger partial charge in [-0.15, -0.1) is 5.10 Å². The van der Waals surface area contributed by atoms with Crippen LogP contribution in [0.5, 0.6) is 0 Å². The highest BCUT2D eigenvalue weighted by molar-refractivity contribution is 5.91. The van der Waals surface area contributed by atoms with Crippen LogP contribution in [0, 0.1) is 0 Å². The molecule has 3 aromatic carbocycles. The lowest BCUT2D eigenvalue weighted by Crippen LogP contribution is -2.32. The molecule has 0 aliphatic heterocycles. The summed E-state index contributed by atoms with van der Waals surface area (Å²) in [5, 5.41) is 8.35. The number of aromatic nitrogens is 3. The van der Waals surface area contributed by atoms with Crippen LogP contribution in [0.1, 0.15) is 27.2 Å². The first-order chi connectivity index (χ1) is 15.3. The smallest absolute Gasteiger partial charge is 0.276 e. The predicted octanol–water partition coefficient (Wildman–Crippen LogP) is 4.41. The van der Waals surface area contributed by atoms with Crippen LogP contribution in [0.4, 0.5) is 0 Å². The van der Waals surface area contributed by atoms with Crippen LogP contribution in [0.2, 0.25) is 0 Å². The van der Waals surface area contributed by atoms with E-state index in [-0.39, 0.29) is 5.91 Å². The van der Waals surface area contributed by atoms with Gasteiger partial charge in [-0.05, 0) is 29.5 Å². The third-order valence-corrected chi connectivity index (χ3v) is 5.25. The zero-order valence-corrected chi connectivity index (χ0v) is 17.5. The fraction of sp³-hybridized carbons (Fsp3) is 0.192. The molecule has 0 saturated heterocycles. The first-order valence-corrected chi connectivity index (χ1v) is 10.6. The molecule has 0 radical (unpaired) electrons. The van der Waals surface area contributed by atoms with Gasteiger partial charge in [0.15, 0.2) is 5.69 Å². The Hall–Kier alpha value is -3.73. The third kappa shape index (κ3) is 5.89. The maximum atomic E-state index is 13.3. The van der Waals surface area contributed by atoms with Gasteiger partial charge >= 0.3 is 0 Å². The number of amides is 1. The molecule has 4 aromatic rings. The second-order valence-electron chi connectivity index (χ2n) is 7.55. The van der Waals surface area contributed by atoms with Crippen molar-refractivity contribution in [2.24, 2.45) is 0 Å². The summed E-state index contributed by atoms with van der Waals surface area (Å²) >= 11 is 0. The highest BCUT2D eigenvalue weighted by atomic mass is 16.2. The molecule has 1 amide bonds. The van der Waals surface area contributed by atoms with E-state index in [4.69, 9.17) is 0 Å². The molecule has 0 bridgehead atoms. The Balaban J connectivity index is 1.45. The van der Waals surface area contributed by atoms with E-state index < -0.39 is 0 Å². The minimum absolute atomic E-state index is 0.0919. The quantitative estimate of drug-likeness (QED) is 0.411. The Morgan fingerprint density at radius 1 is 0.742 bits per heavy atom. The van der Waals surface area contributed by atoms with Gasteiger partial charge in [0, 0.05) is 19.6 Å². The van der Waals surface area contributed by atoms with Gasteiger partial charge < -0.3 is 4.90 Å². The fourth-order valence-corrected chi connectivity index (χ4v) is 3.52. The van der Waals surface area contributed by atoms with Crippen molar-refractivity contribution in [3.05, 3.63) is 120 Å². The van der Waals surface area contributed by atoms with E-state index in [2.05, 4.69) is 34.6 Å². The number of benzene rings is 3. The molecular formula is C26H26N4O. The number of nitrogens with zero attached hydrogens (tertiary/aromatic N) is 4. The molecule has 0 spiro atoms. The topological polar surface area (TPSA) is 51.0 Å². The molecular weight excluding hydrogens is 384 g/mol. The van der Waals surface area contributed by atoms with E-state index >= 15 is 0 Å². The summed E-state index contributed by atoms with van der Waals surface area (Å²) in [5.74, 6) is -0.0919. The van der Waals surface area contributed by atoms with E-state index in [1.807, 2.05) is 71.6 Å². The summed E-state index contributed by atoms with van der Waals surface area (Å²) in [4.78, 5) is 15.1. The number of rotatable bonds is 9. The first-order valence-electron chi connectivity index (χ1n) is 10.6. The molecule has 0 aliphatic carbocycles. The normalized spacial score (nSPS) is 10.7. The van der Waals surface area contributed by atoms with Crippen molar-refractivity contribution in [1.29, 1.82) is 0 Å². The van der Waals surface area contributed by atoms with E-state index in [0.29, 0.717) is 25.3 Å². The predicted molar refractivity (Wildman–Crippen MR) is 121 cm³/mol. The first kappa shape index (κ1) is 20.5. The van der Waals surface area contributed by atoms with Gasteiger partial charge in [-0.2, -0.15) is 0 Å². The van der Waals surface area contributed by atoms with Crippen LogP contribution in [0.15, 0.2) is 97.2 Å². The summed E-state index contributed by atoms with van der Waals surface area (Å²) in [7, 11) is 0. The molecule has 5 nitrogen and oxygen atoms in total. The maximum absolute atomic E-state index is 13.3. The van der Waals surface area contributed by atoms with E-state index in [1.54, 1.807) is 10.9 Å². The highest BCUT2D eigenvalue weighted by Crippen LogP contribution is 2.11. The van der Waals surface area contributed by atoms with Gasteiger partial charge in [-0.3, -0.25) is 9.48 Å². The number of aryl methyl sites for hydroxylation is 2. The molecule has 4 rings (SSSR count). The molecule has 1 heterocycles. The average molecular weight is 411 g/mol. The van der Waals surface area contributed by atoms with E-state index in [9.17, 15) is 4.79 Å². The second-order valence-corrected chi connectivity index (χ2v) is 7.55. The van der Waals surface area contributed by atoms with Crippen LogP contribution in [0.25, 0.3) is 0 Å². The van der Waals surface area contributed by atoms with Gasteiger partial charge in [0.2, 0.25) is 0 Å². The van der Waals surface area contributed by atoms with Crippen LogP contribution in [-0.4, -0.2) is 32.3 Å². The Labute approximate surface area is 183 Å². The van der Waals surface area contributed by atoms with Gasteiger partial charge in [-0.25, -0.2) is 0 Å². The van der Waals surface area contributed by atoms with Gasteiger partial charge in [-0.1, -0.05) is 96.2 Å². The largest absolute Gasteiger partial charge is 0.333 e. The summed E-state index contributed by atoms with van der Waals surface area (Å²) in [6.07, 6.45) is 3.40. The summed E-state index contributed by atoms with van der Waals surface area (Å²) in [6.45, 7) is 1.85. The number of carbonyl (C=O) groups is 1. The fourth-order valence-electron chi connectivity index (χ4n) is 3.52. The molecule has 31 heavy (non-hydrogen) atoms. The van der Waals surface area contributed by atoms with Gasteiger partial charge in [0.25, 0.3) is 5.91 Å². The lowest BCUT2D eigenvalue weighted by molar-refractivity contribution is 0.0739. The van der Waals surface area contributed by atoms with Crippen LogP contribution in [0.3, 0.4) is 0 Å². The SMILES string of the molecule is O=C(c1cn(CCc2ccccc2)nn1)N(CCc1ccccc1)Cc1ccccc1. The minimum Gasteiger partial charge on any atom is -0.333 e. The van der Waals surface area contributed by atoms with Crippen molar-refractivity contribution in [2.75, 3.05) is 6.54 Å². The highest BCUT2D eigenvalue weighted by Gasteiger charge is 2.19. The maximum Gasteiger partial charge on any atom is 0.276 e. The molecule has 0 fully saturated rings. The second kappa shape index (κ2) is 10.3. The lowest BCUT2D eigenvalue weighted by atomic mass is 10.1. The molecule has 0 saturated carbocycles. The van der Waals surface area contributed by atoms with Crippen molar-refractivity contribution in [2.45, 2.75) is 25.9 Å². The molecule has 0 atom stereocenters. The van der Waals surface area contributed by atoms with Crippen LogP contribution < -0.4 is 0 Å². The Morgan fingerprint density at radius 3 is 1.90 bits per heavy atom. The molecule has 0 unspecified atom stereocenters.